The van der Waals surface area contributed by atoms with Crippen molar-refractivity contribution in [2.24, 2.45) is 5.92 Å². The number of carbonyl (C=O) groups excluding carboxylic acids is 1. The van der Waals surface area contributed by atoms with E-state index < -0.39 is 0 Å². The number of halogens is 1. The molecule has 0 radical (unpaired) electrons. The number of nitrogens with zero attached hydrogens (tertiary/aromatic N) is 2. The molecular weight excluding hydrogens is 264 g/mol. The van der Waals surface area contributed by atoms with Gasteiger partial charge in [0.05, 0.1) is 6.20 Å². The molecule has 19 heavy (non-hydrogen) atoms. The molecule has 0 bridgehead atoms. The van der Waals surface area contributed by atoms with Crippen LogP contribution >= 0.6 is 12.4 Å². The first-order chi connectivity index (χ1) is 8.75. The van der Waals surface area contributed by atoms with Crippen LogP contribution < -0.4 is 5.32 Å². The fraction of sp³-hybridized carbons (Fsp3) is 0.692. The summed E-state index contributed by atoms with van der Waals surface area (Å²) in [6.45, 7) is 4.78. The quantitative estimate of drug-likeness (QED) is 0.800. The van der Waals surface area contributed by atoms with Gasteiger partial charge in [0.25, 0.3) is 0 Å². The van der Waals surface area contributed by atoms with Crippen LogP contribution in [0.25, 0.3) is 0 Å². The van der Waals surface area contributed by atoms with Gasteiger partial charge in [0.1, 0.15) is 0 Å². The third kappa shape index (κ3) is 2.77. The van der Waals surface area contributed by atoms with Crippen LogP contribution in [0.4, 0.5) is 0 Å². The highest BCUT2D eigenvalue weighted by atomic mass is 35.5. The Labute approximate surface area is 119 Å². The second kappa shape index (κ2) is 5.92. The van der Waals surface area contributed by atoms with Crippen LogP contribution in [-0.4, -0.2) is 46.7 Å². The highest BCUT2D eigenvalue weighted by Gasteiger charge is 2.32. The van der Waals surface area contributed by atoms with Crippen LogP contribution in [0.5, 0.6) is 0 Å². The molecule has 1 aliphatic carbocycles. The fourth-order valence-electron chi connectivity index (χ4n) is 3.02. The van der Waals surface area contributed by atoms with Crippen molar-refractivity contribution in [1.82, 2.24) is 20.4 Å². The lowest BCUT2D eigenvalue weighted by Crippen LogP contribution is -2.54. The average molecular weight is 285 g/mol. The van der Waals surface area contributed by atoms with Crippen molar-refractivity contribution >= 4 is 18.3 Å². The van der Waals surface area contributed by atoms with E-state index in [4.69, 9.17) is 0 Å². The highest BCUT2D eigenvalue weighted by molar-refractivity contribution is 5.85. The van der Waals surface area contributed by atoms with Gasteiger partial charge in [-0.25, -0.2) is 0 Å². The van der Waals surface area contributed by atoms with Gasteiger partial charge in [-0.15, -0.1) is 12.4 Å². The number of hydrogen-bond donors (Lipinski definition) is 2. The maximum absolute atomic E-state index is 12.6. The van der Waals surface area contributed by atoms with Gasteiger partial charge in [0.15, 0.2) is 0 Å². The maximum Gasteiger partial charge on any atom is 0.226 e. The van der Waals surface area contributed by atoms with E-state index in [0.717, 1.165) is 44.6 Å². The summed E-state index contributed by atoms with van der Waals surface area (Å²) in [5, 5.41) is 10.4. The Balaban J connectivity index is 0.00000133. The molecule has 2 aliphatic rings. The Bertz CT molecular complexity index is 448. The standard InChI is InChI=1S/C13H20N4O.ClH/c1-9-7-14-4-5-17(9)13(18)10-2-3-11-8-15-16-12(11)6-10;/h8-10,14H,2-7H2,1H3,(H,15,16);1H/t9-,10?;/m0./s1. The number of piperazine rings is 1. The predicted molar refractivity (Wildman–Crippen MR) is 75.4 cm³/mol. The molecule has 1 saturated heterocycles. The Kier molecular flexibility index (Phi) is 4.47. The Morgan fingerprint density at radius 2 is 2.37 bits per heavy atom. The van der Waals surface area contributed by atoms with Gasteiger partial charge in [-0.05, 0) is 25.3 Å². The molecule has 106 valence electrons. The number of aryl methyl sites for hydroxylation is 1. The molecule has 2 heterocycles. The molecular formula is C13H21ClN4O. The molecule has 1 aliphatic heterocycles. The van der Waals surface area contributed by atoms with Gasteiger partial charge in [-0.1, -0.05) is 0 Å². The van der Waals surface area contributed by atoms with Gasteiger partial charge >= 0.3 is 0 Å². The molecule has 2 N–H and O–H groups in total. The summed E-state index contributed by atoms with van der Waals surface area (Å²) in [5.41, 5.74) is 2.44. The highest BCUT2D eigenvalue weighted by Crippen LogP contribution is 2.26. The second-order valence-electron chi connectivity index (χ2n) is 5.40. The number of carbonyl (C=O) groups is 1. The molecule has 1 aromatic heterocycles. The molecule has 0 saturated carbocycles. The van der Waals surface area contributed by atoms with E-state index in [1.165, 1.54) is 5.56 Å². The fourth-order valence-corrected chi connectivity index (χ4v) is 3.02. The summed E-state index contributed by atoms with van der Waals surface area (Å²) < 4.78 is 0. The Morgan fingerprint density at radius 1 is 1.53 bits per heavy atom. The van der Waals surface area contributed by atoms with Gasteiger partial charge in [-0.3, -0.25) is 9.89 Å². The van der Waals surface area contributed by atoms with Gasteiger partial charge in [-0.2, -0.15) is 5.10 Å². The van der Waals surface area contributed by atoms with Crippen LogP contribution in [0.3, 0.4) is 0 Å². The second-order valence-corrected chi connectivity index (χ2v) is 5.40. The van der Waals surface area contributed by atoms with E-state index in [1.807, 2.05) is 11.1 Å². The summed E-state index contributed by atoms with van der Waals surface area (Å²) in [6.07, 6.45) is 4.65. The topological polar surface area (TPSA) is 61.0 Å². The maximum atomic E-state index is 12.6. The summed E-state index contributed by atoms with van der Waals surface area (Å²) >= 11 is 0. The molecule has 1 unspecified atom stereocenters. The first kappa shape index (κ1) is 14.3. The summed E-state index contributed by atoms with van der Waals surface area (Å²) in [7, 11) is 0. The van der Waals surface area contributed by atoms with Crippen LogP contribution in [0.15, 0.2) is 6.20 Å². The normalized spacial score (nSPS) is 26.5. The number of hydrogen-bond acceptors (Lipinski definition) is 3. The zero-order chi connectivity index (χ0) is 12.5. The van der Waals surface area contributed by atoms with Crippen molar-refractivity contribution in [3.05, 3.63) is 17.5 Å². The number of aromatic amines is 1. The van der Waals surface area contributed by atoms with Gasteiger partial charge in [0.2, 0.25) is 5.91 Å². The Morgan fingerprint density at radius 3 is 3.16 bits per heavy atom. The Hall–Kier alpha value is -1.07. The molecule has 2 atom stereocenters. The molecule has 0 aromatic carbocycles. The predicted octanol–water partition coefficient (Wildman–Crippen LogP) is 0.757. The number of nitrogens with one attached hydrogen (secondary N) is 2. The molecule has 1 aromatic rings. The van der Waals surface area contributed by atoms with Crippen molar-refractivity contribution < 1.29 is 4.79 Å². The van der Waals surface area contributed by atoms with E-state index in [0.29, 0.717) is 11.9 Å². The van der Waals surface area contributed by atoms with Crippen molar-refractivity contribution in [3.63, 3.8) is 0 Å². The van der Waals surface area contributed by atoms with E-state index in [2.05, 4.69) is 22.4 Å². The number of amides is 1. The minimum atomic E-state index is 0. The lowest BCUT2D eigenvalue weighted by atomic mass is 9.86. The minimum Gasteiger partial charge on any atom is -0.337 e. The zero-order valence-corrected chi connectivity index (χ0v) is 12.0. The molecule has 3 rings (SSSR count). The number of aromatic nitrogens is 2. The summed E-state index contributed by atoms with van der Waals surface area (Å²) in [4.78, 5) is 14.6. The van der Waals surface area contributed by atoms with E-state index >= 15 is 0 Å². The van der Waals surface area contributed by atoms with Crippen molar-refractivity contribution in [2.45, 2.75) is 32.2 Å². The minimum absolute atomic E-state index is 0. The van der Waals surface area contributed by atoms with E-state index in [9.17, 15) is 4.79 Å². The first-order valence-corrected chi connectivity index (χ1v) is 6.78. The van der Waals surface area contributed by atoms with E-state index in [-0.39, 0.29) is 18.3 Å². The molecule has 1 fully saturated rings. The van der Waals surface area contributed by atoms with Gasteiger partial charge in [0, 0.05) is 43.7 Å². The number of rotatable bonds is 1. The van der Waals surface area contributed by atoms with Crippen molar-refractivity contribution in [2.75, 3.05) is 19.6 Å². The largest absolute Gasteiger partial charge is 0.337 e. The van der Waals surface area contributed by atoms with Crippen LogP contribution in [0.1, 0.15) is 24.6 Å². The van der Waals surface area contributed by atoms with Crippen molar-refractivity contribution in [3.8, 4) is 0 Å². The molecule has 5 nitrogen and oxygen atoms in total. The first-order valence-electron chi connectivity index (χ1n) is 6.78. The molecule has 6 heteroatoms. The van der Waals surface area contributed by atoms with Crippen molar-refractivity contribution in [1.29, 1.82) is 0 Å². The summed E-state index contributed by atoms with van der Waals surface area (Å²) in [5.74, 6) is 0.461. The third-order valence-corrected chi connectivity index (χ3v) is 4.15. The summed E-state index contributed by atoms with van der Waals surface area (Å²) in [6, 6.07) is 0.314. The number of H-pyrrole nitrogens is 1. The third-order valence-electron chi connectivity index (χ3n) is 4.15. The lowest BCUT2D eigenvalue weighted by molar-refractivity contribution is -0.138. The number of fused-ring (bicyclic) bond motifs is 1. The van der Waals surface area contributed by atoms with Crippen LogP contribution in [0.2, 0.25) is 0 Å². The monoisotopic (exact) mass is 284 g/mol. The molecule has 1 amide bonds. The average Bonchev–Trinajstić information content (AvgIpc) is 2.85. The smallest absolute Gasteiger partial charge is 0.226 e. The molecule has 0 spiro atoms. The van der Waals surface area contributed by atoms with Crippen LogP contribution in [0, 0.1) is 5.92 Å². The van der Waals surface area contributed by atoms with Crippen LogP contribution in [-0.2, 0) is 17.6 Å². The lowest BCUT2D eigenvalue weighted by Gasteiger charge is -2.37. The SMILES string of the molecule is C[C@H]1CNCCN1C(=O)C1CCc2cn[nH]c2C1.Cl. The van der Waals surface area contributed by atoms with Gasteiger partial charge < -0.3 is 10.2 Å². The van der Waals surface area contributed by atoms with E-state index in [1.54, 1.807) is 0 Å². The zero-order valence-electron chi connectivity index (χ0n) is 11.2.